The second kappa shape index (κ2) is 5.44. The van der Waals surface area contributed by atoms with Crippen molar-refractivity contribution in [3.63, 3.8) is 0 Å². The Kier molecular flexibility index (Phi) is 4.11. The first-order valence-electron chi connectivity index (χ1n) is 7.22. The summed E-state index contributed by atoms with van der Waals surface area (Å²) in [5, 5.41) is 9.52. The second-order valence-electron chi connectivity index (χ2n) is 6.83. The first kappa shape index (κ1) is 13.6. The Balaban J connectivity index is 1.94. The van der Waals surface area contributed by atoms with Crippen molar-refractivity contribution in [3.8, 4) is 0 Å². The third kappa shape index (κ3) is 3.58. The van der Waals surface area contributed by atoms with Crippen LogP contribution in [0, 0.1) is 5.92 Å². The number of benzene rings is 1. The zero-order chi connectivity index (χ0) is 13.2. The third-order valence-electron chi connectivity index (χ3n) is 4.16. The molecule has 0 amide bonds. The molecule has 0 aromatic heterocycles. The summed E-state index contributed by atoms with van der Waals surface area (Å²) < 4.78 is 0. The minimum Gasteiger partial charge on any atom is -0.393 e. The molecule has 100 valence electrons. The van der Waals surface area contributed by atoms with Crippen molar-refractivity contribution in [1.82, 2.24) is 0 Å². The molecule has 1 aromatic rings. The monoisotopic (exact) mass is 246 g/mol. The van der Waals surface area contributed by atoms with Crippen LogP contribution in [0.4, 0.5) is 0 Å². The summed E-state index contributed by atoms with van der Waals surface area (Å²) in [6.07, 6.45) is 5.49. The molecule has 1 saturated carbocycles. The molecule has 1 aliphatic rings. The van der Waals surface area contributed by atoms with Gasteiger partial charge in [0.15, 0.2) is 0 Å². The van der Waals surface area contributed by atoms with Crippen LogP contribution in [-0.2, 0) is 11.8 Å². The van der Waals surface area contributed by atoms with Gasteiger partial charge in [0, 0.05) is 0 Å². The fourth-order valence-electron chi connectivity index (χ4n) is 2.82. The van der Waals surface area contributed by atoms with Crippen molar-refractivity contribution >= 4 is 0 Å². The van der Waals surface area contributed by atoms with Crippen LogP contribution in [0.1, 0.15) is 57.6 Å². The number of hydrogen-bond donors (Lipinski definition) is 1. The zero-order valence-corrected chi connectivity index (χ0v) is 11.9. The highest BCUT2D eigenvalue weighted by Gasteiger charge is 2.20. The summed E-state index contributed by atoms with van der Waals surface area (Å²) >= 11 is 0. The van der Waals surface area contributed by atoms with Gasteiger partial charge >= 0.3 is 0 Å². The molecule has 0 radical (unpaired) electrons. The van der Waals surface area contributed by atoms with Gasteiger partial charge in [-0.25, -0.2) is 0 Å². The number of rotatable bonds is 2. The molecule has 0 unspecified atom stereocenters. The van der Waals surface area contributed by atoms with E-state index in [1.807, 2.05) is 0 Å². The number of hydrogen-bond acceptors (Lipinski definition) is 1. The molecule has 2 rings (SSSR count). The molecule has 0 saturated heterocycles. The van der Waals surface area contributed by atoms with Gasteiger partial charge in [-0.05, 0) is 54.6 Å². The highest BCUT2D eigenvalue weighted by molar-refractivity contribution is 5.27. The van der Waals surface area contributed by atoms with Gasteiger partial charge in [0.1, 0.15) is 0 Å². The molecule has 1 nitrogen and oxygen atoms in total. The van der Waals surface area contributed by atoms with E-state index < -0.39 is 0 Å². The SMILES string of the molecule is CC(C)(C)c1ccc(CC2CCC(O)CC2)cc1. The van der Waals surface area contributed by atoms with E-state index in [1.165, 1.54) is 30.4 Å². The fraction of sp³-hybridized carbons (Fsp3) is 0.647. The summed E-state index contributed by atoms with van der Waals surface area (Å²) in [5.74, 6) is 0.772. The molecule has 1 N–H and O–H groups in total. The average molecular weight is 246 g/mol. The second-order valence-corrected chi connectivity index (χ2v) is 6.83. The highest BCUT2D eigenvalue weighted by Crippen LogP contribution is 2.28. The minimum atomic E-state index is -0.0375. The fourth-order valence-corrected chi connectivity index (χ4v) is 2.82. The highest BCUT2D eigenvalue weighted by atomic mass is 16.3. The molecule has 0 spiro atoms. The molecule has 0 heterocycles. The van der Waals surface area contributed by atoms with Crippen molar-refractivity contribution in [1.29, 1.82) is 0 Å². The minimum absolute atomic E-state index is 0.0375. The van der Waals surface area contributed by atoms with Gasteiger partial charge in [-0.15, -0.1) is 0 Å². The maximum Gasteiger partial charge on any atom is 0.0540 e. The predicted octanol–water partition coefficient (Wildman–Crippen LogP) is 4.08. The lowest BCUT2D eigenvalue weighted by Gasteiger charge is -2.25. The quantitative estimate of drug-likeness (QED) is 0.833. The standard InChI is InChI=1S/C17H26O/c1-17(2,3)15-8-4-13(5-9-15)12-14-6-10-16(18)11-7-14/h4-5,8-9,14,16,18H,6-7,10-12H2,1-3H3. The van der Waals surface area contributed by atoms with Gasteiger partial charge < -0.3 is 5.11 Å². The zero-order valence-electron chi connectivity index (χ0n) is 11.9. The third-order valence-corrected chi connectivity index (χ3v) is 4.16. The molecule has 0 bridgehead atoms. The Morgan fingerprint density at radius 2 is 1.56 bits per heavy atom. The van der Waals surface area contributed by atoms with Crippen molar-refractivity contribution in [2.24, 2.45) is 5.92 Å². The van der Waals surface area contributed by atoms with Crippen LogP contribution in [0.5, 0.6) is 0 Å². The van der Waals surface area contributed by atoms with E-state index in [0.29, 0.717) is 0 Å². The van der Waals surface area contributed by atoms with E-state index in [1.54, 1.807) is 0 Å². The van der Waals surface area contributed by atoms with Gasteiger partial charge in [-0.3, -0.25) is 0 Å². The van der Waals surface area contributed by atoms with E-state index >= 15 is 0 Å². The van der Waals surface area contributed by atoms with Crippen molar-refractivity contribution in [2.45, 2.75) is 64.4 Å². The Morgan fingerprint density at radius 3 is 2.06 bits per heavy atom. The van der Waals surface area contributed by atoms with Gasteiger partial charge in [0.05, 0.1) is 6.10 Å². The van der Waals surface area contributed by atoms with Crippen LogP contribution in [0.25, 0.3) is 0 Å². The summed E-state index contributed by atoms with van der Waals surface area (Å²) in [5.41, 5.74) is 3.10. The van der Waals surface area contributed by atoms with Crippen LogP contribution in [-0.4, -0.2) is 11.2 Å². The number of aliphatic hydroxyl groups excluding tert-OH is 1. The lowest BCUT2D eigenvalue weighted by molar-refractivity contribution is 0.109. The smallest absolute Gasteiger partial charge is 0.0540 e. The normalized spacial score (nSPS) is 25.1. The maximum absolute atomic E-state index is 9.52. The van der Waals surface area contributed by atoms with Gasteiger partial charge in [-0.2, -0.15) is 0 Å². The average Bonchev–Trinajstić information content (AvgIpc) is 2.32. The van der Waals surface area contributed by atoms with Crippen LogP contribution in [0.2, 0.25) is 0 Å². The van der Waals surface area contributed by atoms with Crippen LogP contribution >= 0.6 is 0 Å². The lowest BCUT2D eigenvalue weighted by atomic mass is 9.82. The van der Waals surface area contributed by atoms with Crippen molar-refractivity contribution in [3.05, 3.63) is 35.4 Å². The molecule has 0 atom stereocenters. The van der Waals surface area contributed by atoms with Crippen molar-refractivity contribution < 1.29 is 5.11 Å². The topological polar surface area (TPSA) is 20.2 Å². The Bertz CT molecular complexity index is 364. The molecular weight excluding hydrogens is 220 g/mol. The molecule has 1 heteroatoms. The summed E-state index contributed by atoms with van der Waals surface area (Å²) in [6.45, 7) is 6.76. The van der Waals surface area contributed by atoms with E-state index in [-0.39, 0.29) is 11.5 Å². The van der Waals surface area contributed by atoms with E-state index in [0.717, 1.165) is 18.8 Å². The largest absolute Gasteiger partial charge is 0.393 e. The lowest BCUT2D eigenvalue weighted by Crippen LogP contribution is -2.19. The van der Waals surface area contributed by atoms with Gasteiger partial charge in [0.2, 0.25) is 0 Å². The Labute approximate surface area is 111 Å². The van der Waals surface area contributed by atoms with Crippen LogP contribution < -0.4 is 0 Å². The molecule has 18 heavy (non-hydrogen) atoms. The summed E-state index contributed by atoms with van der Waals surface area (Å²) in [4.78, 5) is 0. The molecule has 1 aromatic carbocycles. The Hall–Kier alpha value is -0.820. The van der Waals surface area contributed by atoms with Crippen LogP contribution in [0.15, 0.2) is 24.3 Å². The molecular formula is C17H26O. The molecule has 0 aliphatic heterocycles. The van der Waals surface area contributed by atoms with Crippen LogP contribution in [0.3, 0.4) is 0 Å². The molecule has 1 aliphatic carbocycles. The maximum atomic E-state index is 9.52. The van der Waals surface area contributed by atoms with E-state index in [4.69, 9.17) is 0 Å². The summed E-state index contributed by atoms with van der Waals surface area (Å²) in [7, 11) is 0. The summed E-state index contributed by atoms with van der Waals surface area (Å²) in [6, 6.07) is 9.11. The first-order chi connectivity index (χ1) is 8.45. The Morgan fingerprint density at radius 1 is 1.00 bits per heavy atom. The van der Waals surface area contributed by atoms with Crippen molar-refractivity contribution in [2.75, 3.05) is 0 Å². The number of aliphatic hydroxyl groups is 1. The van der Waals surface area contributed by atoms with Gasteiger partial charge in [-0.1, -0.05) is 45.0 Å². The van der Waals surface area contributed by atoms with E-state index in [2.05, 4.69) is 45.0 Å². The first-order valence-corrected chi connectivity index (χ1v) is 7.22. The van der Waals surface area contributed by atoms with E-state index in [9.17, 15) is 5.11 Å². The van der Waals surface area contributed by atoms with Gasteiger partial charge in [0.25, 0.3) is 0 Å². The predicted molar refractivity (Wildman–Crippen MR) is 76.8 cm³/mol. The molecule has 1 fully saturated rings.